The number of thiophene rings is 1. The lowest BCUT2D eigenvalue weighted by molar-refractivity contribution is 0.0954. The van der Waals surface area contributed by atoms with Gasteiger partial charge < -0.3 is 10.6 Å². The van der Waals surface area contributed by atoms with Crippen molar-refractivity contribution in [3.63, 3.8) is 0 Å². The molecule has 1 atom stereocenters. The number of nitrogens with one attached hydrogen (secondary N) is 2. The van der Waals surface area contributed by atoms with Crippen molar-refractivity contribution in [3.8, 4) is 0 Å². The third kappa shape index (κ3) is 4.20. The highest BCUT2D eigenvalue weighted by Gasteiger charge is 2.10. The summed E-state index contributed by atoms with van der Waals surface area (Å²) in [5, 5.41) is 7.89. The number of hydrogen-bond donors (Lipinski definition) is 2. The Kier molecular flexibility index (Phi) is 6.56. The van der Waals surface area contributed by atoms with E-state index in [1.54, 1.807) is 0 Å². The molecular weight excluding hydrogens is 232 g/mol. The van der Waals surface area contributed by atoms with E-state index in [0.29, 0.717) is 12.6 Å². The second-order valence-electron chi connectivity index (χ2n) is 3.33. The van der Waals surface area contributed by atoms with E-state index in [9.17, 15) is 4.79 Å². The molecule has 3 nitrogen and oxygen atoms in total. The van der Waals surface area contributed by atoms with Crippen molar-refractivity contribution < 1.29 is 4.79 Å². The highest BCUT2D eigenvalue weighted by atomic mass is 35.5. The highest BCUT2D eigenvalue weighted by Crippen LogP contribution is 2.14. The van der Waals surface area contributed by atoms with Crippen LogP contribution >= 0.6 is 23.7 Å². The predicted octanol–water partition coefficient (Wildman–Crippen LogP) is 1.82. The summed E-state index contributed by atoms with van der Waals surface area (Å²) in [6, 6.07) is 2.26. The minimum Gasteiger partial charge on any atom is -0.350 e. The van der Waals surface area contributed by atoms with Gasteiger partial charge in [-0.3, -0.25) is 4.79 Å². The molecule has 5 heteroatoms. The van der Waals surface area contributed by atoms with Crippen molar-refractivity contribution in [2.75, 3.05) is 13.6 Å². The van der Waals surface area contributed by atoms with Gasteiger partial charge in [0.15, 0.2) is 0 Å². The third-order valence-corrected chi connectivity index (χ3v) is 3.15. The number of amides is 1. The van der Waals surface area contributed by atoms with E-state index in [1.165, 1.54) is 11.3 Å². The number of carbonyl (C=O) groups excluding carboxylic acids is 1. The Bertz CT molecular complexity index is 314. The Morgan fingerprint density at radius 2 is 2.27 bits per heavy atom. The van der Waals surface area contributed by atoms with E-state index >= 15 is 0 Å². The predicted molar refractivity (Wildman–Crippen MR) is 67.2 cm³/mol. The van der Waals surface area contributed by atoms with Crippen LogP contribution in [0.1, 0.15) is 22.2 Å². The van der Waals surface area contributed by atoms with Crippen molar-refractivity contribution >= 4 is 29.7 Å². The summed E-state index contributed by atoms with van der Waals surface area (Å²) in [5.74, 6) is 0.0274. The van der Waals surface area contributed by atoms with Crippen molar-refractivity contribution in [3.05, 3.63) is 21.9 Å². The normalized spacial score (nSPS) is 11.7. The molecule has 0 spiro atoms. The standard InChI is InChI=1S/C10H16N2OS.ClH/c1-7-4-5-14-9(7)10(13)12-6-8(2)11-3;/h4-5,8,11H,6H2,1-3H3,(H,12,13);1H. The Hall–Kier alpha value is -0.580. The summed E-state index contributed by atoms with van der Waals surface area (Å²) in [6.45, 7) is 4.64. The Morgan fingerprint density at radius 3 is 2.73 bits per heavy atom. The summed E-state index contributed by atoms with van der Waals surface area (Å²) in [4.78, 5) is 12.4. The maximum atomic E-state index is 11.6. The molecular formula is C10H17ClN2OS. The number of halogens is 1. The maximum Gasteiger partial charge on any atom is 0.261 e. The highest BCUT2D eigenvalue weighted by molar-refractivity contribution is 7.12. The smallest absolute Gasteiger partial charge is 0.261 e. The second kappa shape index (κ2) is 6.82. The molecule has 0 aliphatic carbocycles. The number of rotatable bonds is 4. The fraction of sp³-hybridized carbons (Fsp3) is 0.500. The first-order valence-corrected chi connectivity index (χ1v) is 5.52. The van der Waals surface area contributed by atoms with Gasteiger partial charge in [-0.15, -0.1) is 23.7 Å². The van der Waals surface area contributed by atoms with Crippen molar-refractivity contribution in [1.29, 1.82) is 0 Å². The van der Waals surface area contributed by atoms with Gasteiger partial charge in [-0.05, 0) is 37.9 Å². The number of hydrogen-bond acceptors (Lipinski definition) is 3. The Labute approximate surface area is 101 Å². The maximum absolute atomic E-state index is 11.6. The molecule has 1 heterocycles. The van der Waals surface area contributed by atoms with Gasteiger partial charge >= 0.3 is 0 Å². The number of aryl methyl sites for hydroxylation is 1. The quantitative estimate of drug-likeness (QED) is 0.854. The minimum absolute atomic E-state index is 0. The molecule has 1 rings (SSSR count). The van der Waals surface area contributed by atoms with Crippen molar-refractivity contribution in [2.24, 2.45) is 0 Å². The first-order chi connectivity index (χ1) is 6.65. The Balaban J connectivity index is 0.00000196. The average molecular weight is 249 g/mol. The molecule has 1 aromatic rings. The van der Waals surface area contributed by atoms with Gasteiger partial charge in [-0.2, -0.15) is 0 Å². The van der Waals surface area contributed by atoms with Crippen LogP contribution in [-0.2, 0) is 0 Å². The zero-order valence-electron chi connectivity index (χ0n) is 9.16. The largest absolute Gasteiger partial charge is 0.350 e. The van der Waals surface area contributed by atoms with Gasteiger partial charge in [-0.25, -0.2) is 0 Å². The molecule has 0 aliphatic rings. The summed E-state index contributed by atoms with van der Waals surface area (Å²) >= 11 is 1.48. The van der Waals surface area contributed by atoms with Crippen LogP contribution in [0.2, 0.25) is 0 Å². The molecule has 1 amide bonds. The van der Waals surface area contributed by atoms with Gasteiger partial charge in [0.05, 0.1) is 4.88 Å². The molecule has 86 valence electrons. The van der Waals surface area contributed by atoms with Crippen LogP contribution in [0.3, 0.4) is 0 Å². The minimum atomic E-state index is 0. The van der Waals surface area contributed by atoms with E-state index in [2.05, 4.69) is 10.6 Å². The summed E-state index contributed by atoms with van der Waals surface area (Å²) < 4.78 is 0. The van der Waals surface area contributed by atoms with E-state index in [1.807, 2.05) is 32.3 Å². The molecule has 15 heavy (non-hydrogen) atoms. The van der Waals surface area contributed by atoms with Gasteiger partial charge in [0, 0.05) is 12.6 Å². The van der Waals surface area contributed by atoms with Crippen LogP contribution < -0.4 is 10.6 Å². The summed E-state index contributed by atoms with van der Waals surface area (Å²) in [5.41, 5.74) is 1.05. The lowest BCUT2D eigenvalue weighted by Gasteiger charge is -2.10. The van der Waals surface area contributed by atoms with Crippen molar-refractivity contribution in [1.82, 2.24) is 10.6 Å². The van der Waals surface area contributed by atoms with Crippen LogP contribution in [0.5, 0.6) is 0 Å². The fourth-order valence-electron chi connectivity index (χ4n) is 1.03. The fourth-order valence-corrected chi connectivity index (χ4v) is 1.87. The third-order valence-electron chi connectivity index (χ3n) is 2.13. The van der Waals surface area contributed by atoms with Gasteiger partial charge in [0.2, 0.25) is 0 Å². The molecule has 0 aromatic carbocycles. The molecule has 0 radical (unpaired) electrons. The molecule has 0 aliphatic heterocycles. The summed E-state index contributed by atoms with van der Waals surface area (Å²) in [6.07, 6.45) is 0. The summed E-state index contributed by atoms with van der Waals surface area (Å²) in [7, 11) is 1.88. The average Bonchev–Trinajstić information content (AvgIpc) is 2.60. The van der Waals surface area contributed by atoms with Gasteiger partial charge in [0.25, 0.3) is 5.91 Å². The van der Waals surface area contributed by atoms with E-state index in [0.717, 1.165) is 10.4 Å². The lowest BCUT2D eigenvalue weighted by atomic mass is 10.2. The number of likely N-dealkylation sites (N-methyl/N-ethyl adjacent to an activating group) is 1. The number of carbonyl (C=O) groups is 1. The zero-order valence-corrected chi connectivity index (χ0v) is 10.8. The van der Waals surface area contributed by atoms with E-state index in [4.69, 9.17) is 0 Å². The van der Waals surface area contributed by atoms with Crippen LogP contribution in [0.25, 0.3) is 0 Å². The first-order valence-electron chi connectivity index (χ1n) is 4.64. The second-order valence-corrected chi connectivity index (χ2v) is 4.25. The molecule has 1 aromatic heterocycles. The van der Waals surface area contributed by atoms with Crippen LogP contribution in [0, 0.1) is 6.92 Å². The van der Waals surface area contributed by atoms with E-state index < -0.39 is 0 Å². The topological polar surface area (TPSA) is 41.1 Å². The van der Waals surface area contributed by atoms with Gasteiger partial charge in [0.1, 0.15) is 0 Å². The van der Waals surface area contributed by atoms with Crippen LogP contribution in [0.15, 0.2) is 11.4 Å². The molecule has 0 fully saturated rings. The van der Waals surface area contributed by atoms with Crippen molar-refractivity contribution in [2.45, 2.75) is 19.9 Å². The monoisotopic (exact) mass is 248 g/mol. The zero-order chi connectivity index (χ0) is 10.6. The molecule has 0 saturated carbocycles. The molecule has 0 bridgehead atoms. The molecule has 2 N–H and O–H groups in total. The lowest BCUT2D eigenvalue weighted by Crippen LogP contribution is -2.37. The molecule has 1 unspecified atom stereocenters. The van der Waals surface area contributed by atoms with E-state index in [-0.39, 0.29) is 18.3 Å². The molecule has 0 saturated heterocycles. The SMILES string of the molecule is CNC(C)CNC(=O)c1sccc1C.Cl. The van der Waals surface area contributed by atoms with Gasteiger partial charge in [-0.1, -0.05) is 0 Å². The van der Waals surface area contributed by atoms with Crippen LogP contribution in [0.4, 0.5) is 0 Å². The Morgan fingerprint density at radius 1 is 1.60 bits per heavy atom. The first kappa shape index (κ1) is 14.4. The van der Waals surface area contributed by atoms with Crippen LogP contribution in [-0.4, -0.2) is 25.5 Å².